The van der Waals surface area contributed by atoms with Gasteiger partial charge in [0.15, 0.2) is 0 Å². The number of para-hydroxylation sites is 1. The number of thiazole rings is 1. The highest BCUT2D eigenvalue weighted by Gasteiger charge is 2.36. The maximum absolute atomic E-state index is 13.1. The van der Waals surface area contributed by atoms with Gasteiger partial charge in [-0.1, -0.05) is 29.5 Å². The molecule has 1 unspecified atom stereocenters. The lowest BCUT2D eigenvalue weighted by atomic mass is 9.90. The molecule has 0 bridgehead atoms. The Morgan fingerprint density at radius 3 is 2.75 bits per heavy atom. The molecule has 1 aromatic heterocycles. The van der Waals surface area contributed by atoms with Gasteiger partial charge in [0.2, 0.25) is 10.0 Å². The fourth-order valence-electron chi connectivity index (χ4n) is 3.68. The smallest absolute Gasteiger partial charge is 0.308 e. The zero-order chi connectivity index (χ0) is 20.1. The van der Waals surface area contributed by atoms with Crippen LogP contribution in [0.2, 0.25) is 0 Å². The first-order valence-electron chi connectivity index (χ1n) is 9.14. The third-order valence-electron chi connectivity index (χ3n) is 4.94. The molecule has 6 nitrogen and oxygen atoms in total. The lowest BCUT2D eigenvalue weighted by molar-refractivity contribution is 0.0702. The Labute approximate surface area is 167 Å². The average Bonchev–Trinajstić information content (AvgIpc) is 2.94. The zero-order valence-corrected chi connectivity index (χ0v) is 17.6. The fraction of sp³-hybridized carbons (Fsp3) is 0.350. The minimum Gasteiger partial charge on any atom is -0.487 e. The number of aryl methyl sites for hydroxylation is 1. The van der Waals surface area contributed by atoms with Crippen molar-refractivity contribution < 1.29 is 13.2 Å². The van der Waals surface area contributed by atoms with E-state index in [1.165, 1.54) is 0 Å². The van der Waals surface area contributed by atoms with Gasteiger partial charge in [0.1, 0.15) is 11.4 Å². The van der Waals surface area contributed by atoms with Crippen LogP contribution >= 0.6 is 11.3 Å². The molecule has 148 valence electrons. The van der Waals surface area contributed by atoms with Gasteiger partial charge >= 0.3 is 4.87 Å². The van der Waals surface area contributed by atoms with Gasteiger partial charge in [-0.05, 0) is 45.0 Å². The lowest BCUT2D eigenvalue weighted by Crippen LogP contribution is -2.41. The number of fused-ring (bicyclic) bond motifs is 2. The number of ether oxygens (including phenoxy) is 1. The van der Waals surface area contributed by atoms with Gasteiger partial charge in [-0.2, -0.15) is 0 Å². The van der Waals surface area contributed by atoms with Crippen molar-refractivity contribution in [3.8, 4) is 5.75 Å². The number of sulfonamides is 1. The van der Waals surface area contributed by atoms with E-state index in [0.29, 0.717) is 23.4 Å². The van der Waals surface area contributed by atoms with Gasteiger partial charge in [0.25, 0.3) is 0 Å². The molecule has 8 heteroatoms. The normalized spacial score (nSPS) is 18.6. The van der Waals surface area contributed by atoms with Crippen molar-refractivity contribution in [3.05, 3.63) is 57.7 Å². The maximum Gasteiger partial charge on any atom is 0.308 e. The second kappa shape index (κ2) is 6.72. The summed E-state index contributed by atoms with van der Waals surface area (Å²) < 4.78 is 37.3. The van der Waals surface area contributed by atoms with Crippen molar-refractivity contribution in [2.45, 2.75) is 50.3 Å². The minimum absolute atomic E-state index is 0.0832. The Morgan fingerprint density at radius 1 is 1.25 bits per heavy atom. The molecule has 0 aliphatic carbocycles. The topological polar surface area (TPSA) is 77.4 Å². The summed E-state index contributed by atoms with van der Waals surface area (Å²) in [4.78, 5) is 12.1. The number of hydrogen-bond donors (Lipinski definition) is 1. The number of hydrogen-bond acceptors (Lipinski definition) is 5. The summed E-state index contributed by atoms with van der Waals surface area (Å²) in [6, 6.07) is 11.9. The molecule has 0 saturated heterocycles. The van der Waals surface area contributed by atoms with Crippen molar-refractivity contribution in [2.75, 3.05) is 0 Å². The van der Waals surface area contributed by atoms with E-state index in [1.807, 2.05) is 45.0 Å². The van der Waals surface area contributed by atoms with Crippen molar-refractivity contribution in [1.29, 1.82) is 0 Å². The first-order chi connectivity index (χ1) is 13.2. The third kappa shape index (κ3) is 3.36. The molecule has 1 N–H and O–H groups in total. The standard InChI is InChI=1S/C20H22N2O4S2/c1-4-22-16-10-9-13(11-18(16)27-19(22)23)28(24,25)21-15-12-20(2,3)26-17-8-6-5-7-14(15)17/h5-11,15,21H,4,12H2,1-3H3. The van der Waals surface area contributed by atoms with Crippen molar-refractivity contribution in [2.24, 2.45) is 0 Å². The van der Waals surface area contributed by atoms with Gasteiger partial charge < -0.3 is 4.74 Å². The van der Waals surface area contributed by atoms with Crippen molar-refractivity contribution >= 4 is 31.6 Å². The largest absolute Gasteiger partial charge is 0.487 e. The molecule has 1 aliphatic rings. The van der Waals surface area contributed by atoms with Gasteiger partial charge in [-0.25, -0.2) is 13.1 Å². The summed E-state index contributed by atoms with van der Waals surface area (Å²) >= 11 is 1.06. The second-order valence-corrected chi connectivity index (χ2v) is 10.2. The van der Waals surface area contributed by atoms with E-state index in [2.05, 4.69) is 4.72 Å². The van der Waals surface area contributed by atoms with E-state index in [1.54, 1.807) is 22.8 Å². The SMILES string of the molecule is CCn1c(=O)sc2cc(S(=O)(=O)NC3CC(C)(C)Oc4ccccc43)ccc21. The van der Waals surface area contributed by atoms with E-state index in [9.17, 15) is 13.2 Å². The lowest BCUT2D eigenvalue weighted by Gasteiger charge is -2.37. The summed E-state index contributed by atoms with van der Waals surface area (Å²) in [5.74, 6) is 0.695. The molecule has 28 heavy (non-hydrogen) atoms. The maximum atomic E-state index is 13.1. The van der Waals surface area contributed by atoms with Crippen LogP contribution in [-0.2, 0) is 16.6 Å². The number of aromatic nitrogens is 1. The van der Waals surface area contributed by atoms with Gasteiger partial charge in [-0.3, -0.25) is 9.36 Å². The molecule has 2 aromatic carbocycles. The molecule has 0 amide bonds. The Kier molecular flexibility index (Phi) is 4.60. The highest BCUT2D eigenvalue weighted by molar-refractivity contribution is 7.89. The predicted octanol–water partition coefficient (Wildman–Crippen LogP) is 3.66. The Bertz CT molecular complexity index is 1210. The Balaban J connectivity index is 1.72. The van der Waals surface area contributed by atoms with E-state index in [-0.39, 0.29) is 15.8 Å². The van der Waals surface area contributed by atoms with Gasteiger partial charge in [-0.15, -0.1) is 0 Å². The fourth-order valence-corrected chi connectivity index (χ4v) is 5.99. The van der Waals surface area contributed by atoms with Crippen LogP contribution in [0.5, 0.6) is 5.75 Å². The molecule has 2 heterocycles. The number of rotatable bonds is 4. The molecular formula is C20H22N2O4S2. The molecule has 3 aromatic rings. The molecule has 0 saturated carbocycles. The molecule has 0 radical (unpaired) electrons. The monoisotopic (exact) mass is 418 g/mol. The second-order valence-electron chi connectivity index (χ2n) is 7.52. The summed E-state index contributed by atoms with van der Waals surface area (Å²) in [7, 11) is -3.76. The van der Waals surface area contributed by atoms with Crippen LogP contribution in [0.4, 0.5) is 0 Å². The van der Waals surface area contributed by atoms with Crippen LogP contribution in [0.1, 0.15) is 38.8 Å². The summed E-state index contributed by atoms with van der Waals surface area (Å²) in [6.07, 6.45) is 0.519. The van der Waals surface area contributed by atoms with Gasteiger partial charge in [0, 0.05) is 18.5 Å². The van der Waals surface area contributed by atoms with E-state index >= 15 is 0 Å². The van der Waals surface area contributed by atoms with Crippen molar-refractivity contribution in [3.63, 3.8) is 0 Å². The molecule has 1 atom stereocenters. The van der Waals surface area contributed by atoms with Crippen LogP contribution in [-0.4, -0.2) is 18.6 Å². The Morgan fingerprint density at radius 2 is 2.00 bits per heavy atom. The van der Waals surface area contributed by atoms with Crippen LogP contribution in [0.3, 0.4) is 0 Å². The zero-order valence-electron chi connectivity index (χ0n) is 15.9. The molecule has 0 spiro atoms. The number of nitrogens with zero attached hydrogens (tertiary/aromatic N) is 1. The van der Waals surface area contributed by atoms with Crippen molar-refractivity contribution in [1.82, 2.24) is 9.29 Å². The van der Waals surface area contributed by atoms with Crippen LogP contribution in [0, 0.1) is 0 Å². The van der Waals surface area contributed by atoms with E-state index < -0.39 is 15.6 Å². The quantitative estimate of drug-likeness (QED) is 0.701. The van der Waals surface area contributed by atoms with Crippen LogP contribution < -0.4 is 14.3 Å². The molecular weight excluding hydrogens is 396 g/mol. The highest BCUT2D eigenvalue weighted by atomic mass is 32.2. The molecule has 1 aliphatic heterocycles. The number of benzene rings is 2. The Hall–Kier alpha value is -2.16. The first kappa shape index (κ1) is 19.2. The summed E-state index contributed by atoms with van der Waals surface area (Å²) in [6.45, 7) is 6.34. The van der Waals surface area contributed by atoms with E-state index in [0.717, 1.165) is 22.4 Å². The third-order valence-corrected chi connectivity index (χ3v) is 7.35. The van der Waals surface area contributed by atoms with E-state index in [4.69, 9.17) is 4.74 Å². The van der Waals surface area contributed by atoms with Crippen LogP contribution in [0.25, 0.3) is 10.2 Å². The summed E-state index contributed by atoms with van der Waals surface area (Å²) in [5, 5.41) is 0. The predicted molar refractivity (Wildman–Crippen MR) is 111 cm³/mol. The minimum atomic E-state index is -3.76. The molecule has 4 rings (SSSR count). The van der Waals surface area contributed by atoms with Crippen LogP contribution in [0.15, 0.2) is 52.2 Å². The average molecular weight is 419 g/mol. The highest BCUT2D eigenvalue weighted by Crippen LogP contribution is 2.40. The summed E-state index contributed by atoms with van der Waals surface area (Å²) in [5.41, 5.74) is 1.10. The number of nitrogens with one attached hydrogen (secondary N) is 1. The first-order valence-corrected chi connectivity index (χ1v) is 11.4. The van der Waals surface area contributed by atoms with Gasteiger partial charge in [0.05, 0.1) is 21.2 Å². The molecule has 0 fully saturated rings.